The molecule has 0 aromatic carbocycles. The molecule has 2 N–H and O–H groups in total. The first-order valence-corrected chi connectivity index (χ1v) is 6.28. The van der Waals surface area contributed by atoms with Gasteiger partial charge >= 0.3 is 0 Å². The third kappa shape index (κ3) is 1.82. The van der Waals surface area contributed by atoms with Crippen molar-refractivity contribution in [3.8, 4) is 0 Å². The fraction of sp³-hybridized carbons (Fsp3) is 0.583. The van der Waals surface area contributed by atoms with E-state index in [0.717, 1.165) is 37.3 Å². The van der Waals surface area contributed by atoms with Gasteiger partial charge in [0.25, 0.3) is 0 Å². The summed E-state index contributed by atoms with van der Waals surface area (Å²) in [5.74, 6) is 1.50. The Bertz CT molecular complexity index is 489. The Kier molecular flexibility index (Phi) is 2.66. The van der Waals surface area contributed by atoms with Crippen LogP contribution < -0.4 is 15.5 Å². The molecule has 3 rings (SSSR count). The number of hydrogen-bond donors (Lipinski definition) is 1. The number of fused-ring (bicyclic) bond motifs is 1. The van der Waals surface area contributed by atoms with Crippen LogP contribution in [0.15, 0.2) is 6.20 Å². The van der Waals surface area contributed by atoms with Gasteiger partial charge in [0.1, 0.15) is 5.82 Å². The van der Waals surface area contributed by atoms with Gasteiger partial charge in [0.15, 0.2) is 0 Å². The smallest absolute Gasteiger partial charge is 0.232 e. The van der Waals surface area contributed by atoms with E-state index in [1.165, 1.54) is 0 Å². The number of anilines is 2. The quantitative estimate of drug-likeness (QED) is 0.751. The summed E-state index contributed by atoms with van der Waals surface area (Å²) in [6.45, 7) is 1.72. The molecule has 1 fully saturated rings. The highest BCUT2D eigenvalue weighted by atomic mass is 16.2. The summed E-state index contributed by atoms with van der Waals surface area (Å²) in [7, 11) is 1.76. The zero-order chi connectivity index (χ0) is 12.7. The standard InChI is InChI=1S/C12H17N5O/c1-16-10(18)5-8-6-14-12(15-11(8)16)17-4-2-3-9(13)7-17/h6,9H,2-5,7,13H2,1H3. The molecule has 96 valence electrons. The first-order valence-electron chi connectivity index (χ1n) is 6.28. The molecule has 6 heteroatoms. The monoisotopic (exact) mass is 247 g/mol. The van der Waals surface area contributed by atoms with Crippen LogP contribution in [0.2, 0.25) is 0 Å². The number of nitrogens with zero attached hydrogens (tertiary/aromatic N) is 4. The topological polar surface area (TPSA) is 75.4 Å². The lowest BCUT2D eigenvalue weighted by Gasteiger charge is -2.30. The lowest BCUT2D eigenvalue weighted by atomic mass is 10.1. The molecule has 0 aliphatic carbocycles. The summed E-state index contributed by atoms with van der Waals surface area (Å²) < 4.78 is 0. The molecule has 2 aliphatic heterocycles. The summed E-state index contributed by atoms with van der Waals surface area (Å²) in [5, 5.41) is 0. The van der Waals surface area contributed by atoms with Crippen molar-refractivity contribution >= 4 is 17.7 Å². The van der Waals surface area contributed by atoms with Gasteiger partial charge in [-0.1, -0.05) is 0 Å². The van der Waals surface area contributed by atoms with Gasteiger partial charge in [-0.15, -0.1) is 0 Å². The highest BCUT2D eigenvalue weighted by Gasteiger charge is 2.28. The van der Waals surface area contributed by atoms with Crippen LogP contribution in [0.3, 0.4) is 0 Å². The molecule has 6 nitrogen and oxygen atoms in total. The van der Waals surface area contributed by atoms with Gasteiger partial charge < -0.3 is 10.6 Å². The van der Waals surface area contributed by atoms with Crippen molar-refractivity contribution < 1.29 is 4.79 Å². The van der Waals surface area contributed by atoms with E-state index in [-0.39, 0.29) is 11.9 Å². The van der Waals surface area contributed by atoms with Crippen LogP contribution in [-0.4, -0.2) is 42.1 Å². The Hall–Kier alpha value is -1.69. The van der Waals surface area contributed by atoms with Crippen LogP contribution in [0.5, 0.6) is 0 Å². The predicted molar refractivity (Wildman–Crippen MR) is 68.6 cm³/mol. The number of aromatic nitrogens is 2. The molecule has 18 heavy (non-hydrogen) atoms. The minimum Gasteiger partial charge on any atom is -0.339 e. The van der Waals surface area contributed by atoms with Gasteiger partial charge in [-0.25, -0.2) is 4.98 Å². The molecule has 3 heterocycles. The largest absolute Gasteiger partial charge is 0.339 e. The van der Waals surface area contributed by atoms with Gasteiger partial charge in [-0.05, 0) is 12.8 Å². The molecule has 1 aromatic rings. The van der Waals surface area contributed by atoms with Crippen LogP contribution in [0.1, 0.15) is 18.4 Å². The number of nitrogens with two attached hydrogens (primary N) is 1. The van der Waals surface area contributed by atoms with E-state index < -0.39 is 0 Å². The predicted octanol–water partition coefficient (Wildman–Crippen LogP) is -0.0770. The van der Waals surface area contributed by atoms with E-state index in [1.54, 1.807) is 18.1 Å². The highest BCUT2D eigenvalue weighted by molar-refractivity contribution is 5.99. The van der Waals surface area contributed by atoms with Crippen LogP contribution in [-0.2, 0) is 11.2 Å². The molecule has 0 saturated carbocycles. The van der Waals surface area contributed by atoms with Crippen LogP contribution in [0.25, 0.3) is 0 Å². The Morgan fingerprint density at radius 3 is 3.11 bits per heavy atom. The maximum atomic E-state index is 11.6. The number of likely N-dealkylation sites (N-methyl/N-ethyl adjacent to an activating group) is 1. The van der Waals surface area contributed by atoms with Crippen molar-refractivity contribution in [2.45, 2.75) is 25.3 Å². The Morgan fingerprint density at radius 2 is 2.33 bits per heavy atom. The zero-order valence-electron chi connectivity index (χ0n) is 10.5. The second-order valence-electron chi connectivity index (χ2n) is 5.00. The van der Waals surface area contributed by atoms with Crippen molar-refractivity contribution in [2.24, 2.45) is 5.73 Å². The molecule has 1 atom stereocenters. The summed E-state index contributed by atoms with van der Waals surface area (Å²) in [6, 6.07) is 0.190. The number of carbonyl (C=O) groups is 1. The van der Waals surface area contributed by atoms with Gasteiger partial charge in [0.2, 0.25) is 11.9 Å². The first kappa shape index (κ1) is 11.4. The second-order valence-corrected chi connectivity index (χ2v) is 5.00. The van der Waals surface area contributed by atoms with Crippen molar-refractivity contribution in [3.63, 3.8) is 0 Å². The summed E-state index contributed by atoms with van der Waals surface area (Å²) in [5.41, 5.74) is 6.87. The van der Waals surface area contributed by atoms with E-state index in [0.29, 0.717) is 12.4 Å². The molecular formula is C12H17N5O. The lowest BCUT2D eigenvalue weighted by molar-refractivity contribution is -0.117. The van der Waals surface area contributed by atoms with Crippen LogP contribution in [0.4, 0.5) is 11.8 Å². The molecule has 1 unspecified atom stereocenters. The molecular weight excluding hydrogens is 230 g/mol. The van der Waals surface area contributed by atoms with Crippen LogP contribution >= 0.6 is 0 Å². The average molecular weight is 247 g/mol. The summed E-state index contributed by atoms with van der Waals surface area (Å²) >= 11 is 0. The van der Waals surface area contributed by atoms with E-state index in [2.05, 4.69) is 14.9 Å². The summed E-state index contributed by atoms with van der Waals surface area (Å²) in [6.07, 6.45) is 4.29. The third-order valence-electron chi connectivity index (χ3n) is 3.60. The van der Waals surface area contributed by atoms with E-state index in [4.69, 9.17) is 5.73 Å². The number of piperidine rings is 1. The minimum atomic E-state index is 0.0757. The number of hydrogen-bond acceptors (Lipinski definition) is 5. The molecule has 0 radical (unpaired) electrons. The van der Waals surface area contributed by atoms with E-state index >= 15 is 0 Å². The Morgan fingerprint density at radius 1 is 1.50 bits per heavy atom. The normalized spacial score (nSPS) is 23.4. The molecule has 0 bridgehead atoms. The molecule has 0 spiro atoms. The SMILES string of the molecule is CN1C(=O)Cc2cnc(N3CCCC(N)C3)nc21. The van der Waals surface area contributed by atoms with E-state index in [9.17, 15) is 4.79 Å². The lowest BCUT2D eigenvalue weighted by Crippen LogP contribution is -2.43. The second kappa shape index (κ2) is 4.20. The third-order valence-corrected chi connectivity index (χ3v) is 3.60. The van der Waals surface area contributed by atoms with Crippen molar-refractivity contribution in [1.82, 2.24) is 9.97 Å². The molecule has 1 amide bonds. The molecule has 2 aliphatic rings. The molecule has 1 aromatic heterocycles. The fourth-order valence-electron chi connectivity index (χ4n) is 2.55. The minimum absolute atomic E-state index is 0.0757. The number of amides is 1. The number of rotatable bonds is 1. The van der Waals surface area contributed by atoms with Crippen molar-refractivity contribution in [1.29, 1.82) is 0 Å². The Labute approximate surface area is 106 Å². The summed E-state index contributed by atoms with van der Waals surface area (Å²) in [4.78, 5) is 24.2. The Balaban J connectivity index is 1.89. The van der Waals surface area contributed by atoms with Crippen molar-refractivity contribution in [2.75, 3.05) is 29.9 Å². The van der Waals surface area contributed by atoms with Gasteiger partial charge in [-0.3, -0.25) is 9.69 Å². The van der Waals surface area contributed by atoms with Crippen LogP contribution in [0, 0.1) is 0 Å². The molecule has 1 saturated heterocycles. The van der Waals surface area contributed by atoms with Gasteiger partial charge in [0, 0.05) is 37.9 Å². The maximum absolute atomic E-state index is 11.6. The number of carbonyl (C=O) groups excluding carboxylic acids is 1. The van der Waals surface area contributed by atoms with Gasteiger partial charge in [0.05, 0.1) is 6.42 Å². The maximum Gasteiger partial charge on any atom is 0.232 e. The average Bonchev–Trinajstić information content (AvgIpc) is 2.65. The van der Waals surface area contributed by atoms with Crippen molar-refractivity contribution in [3.05, 3.63) is 11.8 Å². The highest BCUT2D eigenvalue weighted by Crippen LogP contribution is 2.27. The fourth-order valence-corrected chi connectivity index (χ4v) is 2.55. The first-order chi connectivity index (χ1) is 8.65. The van der Waals surface area contributed by atoms with Gasteiger partial charge in [-0.2, -0.15) is 4.98 Å². The van der Waals surface area contributed by atoms with E-state index in [1.807, 2.05) is 0 Å². The zero-order valence-corrected chi connectivity index (χ0v) is 10.5.